The lowest BCUT2D eigenvalue weighted by Crippen LogP contribution is -2.41. The predicted molar refractivity (Wildman–Crippen MR) is 70.8 cm³/mol. The third kappa shape index (κ3) is 3.53. The van der Waals surface area contributed by atoms with Crippen molar-refractivity contribution in [3.05, 3.63) is 35.6 Å². The first-order chi connectivity index (χ1) is 8.56. The molecule has 0 aromatic heterocycles. The van der Waals surface area contributed by atoms with Crippen LogP contribution in [-0.4, -0.2) is 19.0 Å². The van der Waals surface area contributed by atoms with Crippen molar-refractivity contribution in [2.45, 2.75) is 26.7 Å². The van der Waals surface area contributed by atoms with Crippen molar-refractivity contribution in [1.29, 1.82) is 0 Å². The number of amides is 1. The minimum atomic E-state index is -0.404. The third-order valence-electron chi connectivity index (χ3n) is 3.64. The van der Waals surface area contributed by atoms with Crippen molar-refractivity contribution in [2.24, 2.45) is 11.1 Å². The molecule has 0 unspecified atom stereocenters. The molecule has 0 aliphatic rings. The molecule has 0 radical (unpaired) electrons. The van der Waals surface area contributed by atoms with Crippen molar-refractivity contribution >= 4 is 5.91 Å². The molecule has 100 valence electrons. The van der Waals surface area contributed by atoms with E-state index in [1.807, 2.05) is 0 Å². The molecule has 0 atom stereocenters. The minimum absolute atomic E-state index is 0.0665. The maximum absolute atomic E-state index is 13.0. The monoisotopic (exact) mass is 252 g/mol. The first-order valence-corrected chi connectivity index (χ1v) is 6.30. The molecular formula is C14H21FN2O. The van der Waals surface area contributed by atoms with Crippen LogP contribution >= 0.6 is 0 Å². The zero-order valence-corrected chi connectivity index (χ0v) is 11.0. The van der Waals surface area contributed by atoms with E-state index in [0.29, 0.717) is 18.7 Å². The van der Waals surface area contributed by atoms with Gasteiger partial charge in [-0.15, -0.1) is 0 Å². The van der Waals surface area contributed by atoms with Crippen molar-refractivity contribution in [1.82, 2.24) is 5.32 Å². The van der Waals surface area contributed by atoms with E-state index in [1.54, 1.807) is 6.07 Å². The summed E-state index contributed by atoms with van der Waals surface area (Å²) in [5.74, 6) is -0.659. The number of nitrogens with two attached hydrogens (primary N) is 1. The molecule has 0 saturated heterocycles. The number of halogens is 1. The average molecular weight is 252 g/mol. The molecule has 4 heteroatoms. The van der Waals surface area contributed by atoms with E-state index in [1.165, 1.54) is 18.2 Å². The van der Waals surface area contributed by atoms with E-state index in [0.717, 1.165) is 12.8 Å². The molecule has 0 fully saturated rings. The molecule has 1 aromatic rings. The highest BCUT2D eigenvalue weighted by atomic mass is 19.1. The van der Waals surface area contributed by atoms with E-state index < -0.39 is 5.82 Å². The zero-order chi connectivity index (χ0) is 13.6. The van der Waals surface area contributed by atoms with Gasteiger partial charge >= 0.3 is 0 Å². The third-order valence-corrected chi connectivity index (χ3v) is 3.64. The lowest BCUT2D eigenvalue weighted by molar-refractivity contribution is 0.0927. The van der Waals surface area contributed by atoms with Gasteiger partial charge in [-0.2, -0.15) is 0 Å². The summed E-state index contributed by atoms with van der Waals surface area (Å²) in [6.45, 7) is 5.17. The van der Waals surface area contributed by atoms with Crippen molar-refractivity contribution in [3.8, 4) is 0 Å². The number of carbonyl (C=O) groups excluding carboxylic acids is 1. The summed E-state index contributed by atoms with van der Waals surface area (Å²) in [7, 11) is 0. The summed E-state index contributed by atoms with van der Waals surface area (Å²) in [6, 6.07) is 5.68. The quantitative estimate of drug-likeness (QED) is 0.816. The number of hydrogen-bond acceptors (Lipinski definition) is 2. The summed E-state index contributed by atoms with van der Waals surface area (Å²) in [6.07, 6.45) is 1.81. The fourth-order valence-corrected chi connectivity index (χ4v) is 1.86. The fraction of sp³-hybridized carbons (Fsp3) is 0.500. The van der Waals surface area contributed by atoms with E-state index in [2.05, 4.69) is 19.2 Å². The van der Waals surface area contributed by atoms with Gasteiger partial charge in [0.1, 0.15) is 5.82 Å². The molecular weight excluding hydrogens is 231 g/mol. The van der Waals surface area contributed by atoms with Gasteiger partial charge < -0.3 is 11.1 Å². The highest BCUT2D eigenvalue weighted by Crippen LogP contribution is 2.23. The van der Waals surface area contributed by atoms with E-state index in [-0.39, 0.29) is 11.3 Å². The first-order valence-electron chi connectivity index (χ1n) is 6.30. The maximum Gasteiger partial charge on any atom is 0.251 e. The maximum atomic E-state index is 13.0. The highest BCUT2D eigenvalue weighted by molar-refractivity contribution is 5.94. The Labute approximate surface area is 108 Å². The second kappa shape index (κ2) is 6.50. The van der Waals surface area contributed by atoms with E-state index >= 15 is 0 Å². The summed E-state index contributed by atoms with van der Waals surface area (Å²) in [5, 5.41) is 2.83. The molecule has 0 aliphatic carbocycles. The molecule has 0 heterocycles. The molecule has 0 saturated carbocycles. The second-order valence-electron chi connectivity index (χ2n) is 4.60. The summed E-state index contributed by atoms with van der Waals surface area (Å²) < 4.78 is 13.0. The molecule has 1 aromatic carbocycles. The molecule has 1 amide bonds. The summed E-state index contributed by atoms with van der Waals surface area (Å²) >= 11 is 0. The SMILES string of the molecule is CCC(CC)(CN)CNC(=O)c1cccc(F)c1. The van der Waals surface area contributed by atoms with Crippen LogP contribution in [0, 0.1) is 11.2 Å². The smallest absolute Gasteiger partial charge is 0.251 e. The zero-order valence-electron chi connectivity index (χ0n) is 11.0. The Morgan fingerprint density at radius 2 is 2.06 bits per heavy atom. The fourth-order valence-electron chi connectivity index (χ4n) is 1.86. The Balaban J connectivity index is 2.66. The highest BCUT2D eigenvalue weighted by Gasteiger charge is 2.25. The summed E-state index contributed by atoms with van der Waals surface area (Å²) in [5.41, 5.74) is 6.04. The molecule has 1 rings (SSSR count). The Morgan fingerprint density at radius 1 is 1.39 bits per heavy atom. The Bertz CT molecular complexity index is 394. The van der Waals surface area contributed by atoms with Crippen LogP contribution in [0.2, 0.25) is 0 Å². The van der Waals surface area contributed by atoms with Crippen LogP contribution in [0.3, 0.4) is 0 Å². The number of carbonyl (C=O) groups is 1. The largest absolute Gasteiger partial charge is 0.351 e. The van der Waals surface area contributed by atoms with Crippen LogP contribution in [0.1, 0.15) is 37.0 Å². The molecule has 0 aliphatic heterocycles. The lowest BCUT2D eigenvalue weighted by Gasteiger charge is -2.30. The Kier molecular flexibility index (Phi) is 5.28. The average Bonchev–Trinajstić information content (AvgIpc) is 2.40. The molecule has 0 bridgehead atoms. The number of hydrogen-bond donors (Lipinski definition) is 2. The summed E-state index contributed by atoms with van der Waals surface area (Å²) in [4.78, 5) is 11.9. The van der Waals surface area contributed by atoms with Gasteiger partial charge in [0.05, 0.1) is 0 Å². The van der Waals surface area contributed by atoms with Crippen LogP contribution in [-0.2, 0) is 0 Å². The van der Waals surface area contributed by atoms with Crippen LogP contribution in [0.4, 0.5) is 4.39 Å². The Morgan fingerprint density at radius 3 is 2.56 bits per heavy atom. The topological polar surface area (TPSA) is 55.1 Å². The van der Waals surface area contributed by atoms with Gasteiger partial charge in [-0.3, -0.25) is 4.79 Å². The second-order valence-corrected chi connectivity index (χ2v) is 4.60. The molecule has 18 heavy (non-hydrogen) atoms. The number of rotatable bonds is 6. The van der Waals surface area contributed by atoms with Crippen LogP contribution in [0.25, 0.3) is 0 Å². The van der Waals surface area contributed by atoms with Crippen molar-refractivity contribution in [3.63, 3.8) is 0 Å². The Hall–Kier alpha value is -1.42. The van der Waals surface area contributed by atoms with Crippen LogP contribution < -0.4 is 11.1 Å². The van der Waals surface area contributed by atoms with Crippen LogP contribution in [0.15, 0.2) is 24.3 Å². The van der Waals surface area contributed by atoms with Gasteiger partial charge in [-0.25, -0.2) is 4.39 Å². The van der Waals surface area contributed by atoms with Gasteiger partial charge in [-0.1, -0.05) is 19.9 Å². The lowest BCUT2D eigenvalue weighted by atomic mass is 9.82. The normalized spacial score (nSPS) is 11.3. The predicted octanol–water partition coefficient (Wildman–Crippen LogP) is 2.32. The number of benzene rings is 1. The molecule has 0 spiro atoms. The van der Waals surface area contributed by atoms with Crippen LogP contribution in [0.5, 0.6) is 0 Å². The number of nitrogens with one attached hydrogen (secondary N) is 1. The first kappa shape index (κ1) is 14.6. The van der Waals surface area contributed by atoms with E-state index in [4.69, 9.17) is 5.73 Å². The van der Waals surface area contributed by atoms with Gasteiger partial charge in [0, 0.05) is 12.1 Å². The van der Waals surface area contributed by atoms with Gasteiger partial charge in [-0.05, 0) is 43.0 Å². The minimum Gasteiger partial charge on any atom is -0.351 e. The standard InChI is InChI=1S/C14H21FN2O/c1-3-14(4-2,9-16)10-17-13(18)11-6-5-7-12(15)8-11/h5-8H,3-4,9-10,16H2,1-2H3,(H,17,18). The van der Waals surface area contributed by atoms with Crippen molar-refractivity contribution < 1.29 is 9.18 Å². The van der Waals surface area contributed by atoms with E-state index in [9.17, 15) is 9.18 Å². The van der Waals surface area contributed by atoms with Gasteiger partial charge in [0.2, 0.25) is 0 Å². The van der Waals surface area contributed by atoms with Gasteiger partial charge in [0.15, 0.2) is 0 Å². The van der Waals surface area contributed by atoms with Gasteiger partial charge in [0.25, 0.3) is 5.91 Å². The molecule has 3 N–H and O–H groups in total. The molecule has 3 nitrogen and oxygen atoms in total. The van der Waals surface area contributed by atoms with Crippen molar-refractivity contribution in [2.75, 3.05) is 13.1 Å².